The van der Waals surface area contributed by atoms with Crippen molar-refractivity contribution in [2.45, 2.75) is 25.4 Å². The lowest BCUT2D eigenvalue weighted by Crippen LogP contribution is -2.40. The molecule has 1 atom stereocenters. The number of hydrogen-bond acceptors (Lipinski definition) is 5. The van der Waals surface area contributed by atoms with Crippen LogP contribution in [0.2, 0.25) is 0 Å². The van der Waals surface area contributed by atoms with Crippen molar-refractivity contribution in [2.24, 2.45) is 0 Å². The summed E-state index contributed by atoms with van der Waals surface area (Å²) in [5.41, 5.74) is 2.26. The van der Waals surface area contributed by atoms with Crippen LogP contribution in [0.3, 0.4) is 0 Å². The van der Waals surface area contributed by atoms with Gasteiger partial charge in [0.25, 0.3) is 5.56 Å². The van der Waals surface area contributed by atoms with Crippen LogP contribution in [-0.4, -0.2) is 26.9 Å². The molecule has 4 heterocycles. The second-order valence-electron chi connectivity index (χ2n) is 7.08. The molecule has 3 aromatic heterocycles. The van der Waals surface area contributed by atoms with E-state index in [1.807, 2.05) is 28.5 Å². The maximum Gasteiger partial charge on any atom is 0.262 e. The first-order chi connectivity index (χ1) is 14.2. The van der Waals surface area contributed by atoms with Crippen molar-refractivity contribution in [3.63, 3.8) is 0 Å². The number of fused-ring (bicyclic) bond motifs is 2. The molecule has 1 aromatic carbocycles. The Morgan fingerprint density at radius 2 is 1.93 bits per heavy atom. The van der Waals surface area contributed by atoms with Gasteiger partial charge in [0.05, 0.1) is 17.8 Å². The molecule has 0 radical (unpaired) electrons. The SMILES string of the molecule is O=C(CCn1cnc2sccc2c1=O)N1CCc2sccc2[C@H]1c1ccccc1. The minimum Gasteiger partial charge on any atom is -0.331 e. The lowest BCUT2D eigenvalue weighted by molar-refractivity contribution is -0.133. The highest BCUT2D eigenvalue weighted by molar-refractivity contribution is 7.16. The number of carbonyl (C=O) groups excluding carboxylic acids is 1. The van der Waals surface area contributed by atoms with Crippen LogP contribution in [0.5, 0.6) is 0 Å². The minimum atomic E-state index is -0.0811. The summed E-state index contributed by atoms with van der Waals surface area (Å²) in [5, 5.41) is 4.59. The third-order valence-electron chi connectivity index (χ3n) is 5.42. The summed E-state index contributed by atoms with van der Waals surface area (Å²) in [6, 6.07) is 14.0. The van der Waals surface area contributed by atoms with E-state index in [9.17, 15) is 9.59 Å². The number of nitrogens with zero attached hydrogens (tertiary/aromatic N) is 3. The molecule has 5 nitrogen and oxygen atoms in total. The summed E-state index contributed by atoms with van der Waals surface area (Å²) in [7, 11) is 0. The second kappa shape index (κ2) is 7.57. The van der Waals surface area contributed by atoms with E-state index >= 15 is 0 Å². The van der Waals surface area contributed by atoms with Crippen molar-refractivity contribution in [3.8, 4) is 0 Å². The van der Waals surface area contributed by atoms with Crippen LogP contribution in [0.25, 0.3) is 10.2 Å². The summed E-state index contributed by atoms with van der Waals surface area (Å²) >= 11 is 3.21. The summed E-state index contributed by atoms with van der Waals surface area (Å²) < 4.78 is 1.55. The first-order valence-corrected chi connectivity index (χ1v) is 11.3. The van der Waals surface area contributed by atoms with E-state index in [1.54, 1.807) is 28.3 Å². The van der Waals surface area contributed by atoms with Crippen LogP contribution in [0.4, 0.5) is 0 Å². The molecule has 0 aliphatic carbocycles. The van der Waals surface area contributed by atoms with Crippen molar-refractivity contribution in [2.75, 3.05) is 6.54 Å². The van der Waals surface area contributed by atoms with E-state index < -0.39 is 0 Å². The van der Waals surface area contributed by atoms with E-state index in [-0.39, 0.29) is 23.9 Å². The van der Waals surface area contributed by atoms with Crippen molar-refractivity contribution in [1.29, 1.82) is 0 Å². The highest BCUT2D eigenvalue weighted by Gasteiger charge is 2.32. The molecule has 0 unspecified atom stereocenters. The van der Waals surface area contributed by atoms with E-state index in [0.29, 0.717) is 18.5 Å². The van der Waals surface area contributed by atoms with Gasteiger partial charge < -0.3 is 4.90 Å². The van der Waals surface area contributed by atoms with Gasteiger partial charge in [-0.05, 0) is 40.4 Å². The van der Waals surface area contributed by atoms with Crippen molar-refractivity contribution < 1.29 is 4.79 Å². The first-order valence-electron chi connectivity index (χ1n) is 9.55. The van der Waals surface area contributed by atoms with E-state index in [2.05, 4.69) is 28.6 Å². The fraction of sp³-hybridized carbons (Fsp3) is 0.227. The fourth-order valence-corrected chi connectivity index (χ4v) is 5.62. The topological polar surface area (TPSA) is 55.2 Å². The van der Waals surface area contributed by atoms with Crippen LogP contribution in [0.1, 0.15) is 28.5 Å². The standard InChI is InChI=1S/C22H19N3O2S2/c26-19(7-10-24-14-23-21-17(22(24)27)9-13-29-21)25-11-6-18-16(8-12-28-18)20(25)15-4-2-1-3-5-15/h1-5,8-9,12-14,20H,6-7,10-11H2/t20-/m1/s1. The van der Waals surface area contributed by atoms with E-state index in [1.165, 1.54) is 21.8 Å². The third kappa shape index (κ3) is 3.30. The lowest BCUT2D eigenvalue weighted by atomic mass is 9.93. The molecule has 7 heteroatoms. The summed E-state index contributed by atoms with van der Waals surface area (Å²) in [6.45, 7) is 1.04. The second-order valence-corrected chi connectivity index (χ2v) is 8.98. The summed E-state index contributed by atoms with van der Waals surface area (Å²) in [4.78, 5) is 34.2. The quantitative estimate of drug-likeness (QED) is 0.499. The van der Waals surface area contributed by atoms with Crippen LogP contribution in [-0.2, 0) is 17.8 Å². The van der Waals surface area contributed by atoms with Gasteiger partial charge in [0.2, 0.25) is 5.91 Å². The highest BCUT2D eigenvalue weighted by atomic mass is 32.1. The molecule has 146 valence electrons. The smallest absolute Gasteiger partial charge is 0.262 e. The van der Waals surface area contributed by atoms with Crippen molar-refractivity contribution >= 4 is 38.8 Å². The molecule has 1 amide bonds. The molecule has 1 aliphatic heterocycles. The molecular weight excluding hydrogens is 402 g/mol. The number of hydrogen-bond donors (Lipinski definition) is 0. The predicted octanol–water partition coefficient (Wildman–Crippen LogP) is 4.08. The van der Waals surface area contributed by atoms with Gasteiger partial charge in [0.1, 0.15) is 4.83 Å². The van der Waals surface area contributed by atoms with Crippen LogP contribution in [0.15, 0.2) is 64.3 Å². The highest BCUT2D eigenvalue weighted by Crippen LogP contribution is 2.38. The zero-order valence-corrected chi connectivity index (χ0v) is 17.3. The van der Waals surface area contributed by atoms with E-state index in [4.69, 9.17) is 0 Å². The van der Waals surface area contributed by atoms with Crippen molar-refractivity contribution in [3.05, 3.63) is 85.9 Å². The van der Waals surface area contributed by atoms with Gasteiger partial charge in [-0.2, -0.15) is 0 Å². The number of aryl methyl sites for hydroxylation is 1. The first kappa shape index (κ1) is 18.3. The molecule has 29 heavy (non-hydrogen) atoms. The van der Waals surface area contributed by atoms with Crippen LogP contribution in [0, 0.1) is 0 Å². The van der Waals surface area contributed by atoms with Gasteiger partial charge in [-0.25, -0.2) is 4.98 Å². The maximum atomic E-state index is 13.2. The van der Waals surface area contributed by atoms with Gasteiger partial charge >= 0.3 is 0 Å². The average molecular weight is 422 g/mol. The Labute approximate surface area is 175 Å². The third-order valence-corrected chi connectivity index (χ3v) is 7.24. The van der Waals surface area contributed by atoms with Gasteiger partial charge in [0, 0.05) is 24.4 Å². The van der Waals surface area contributed by atoms with E-state index in [0.717, 1.165) is 16.8 Å². The molecule has 1 aliphatic rings. The Morgan fingerprint density at radius 1 is 1.10 bits per heavy atom. The zero-order chi connectivity index (χ0) is 19.8. The van der Waals surface area contributed by atoms with Crippen LogP contribution >= 0.6 is 22.7 Å². The summed E-state index contributed by atoms with van der Waals surface area (Å²) in [6.07, 6.45) is 2.71. The summed E-state index contributed by atoms with van der Waals surface area (Å²) in [5.74, 6) is 0.0630. The number of rotatable bonds is 4. The molecule has 0 saturated heterocycles. The lowest BCUT2D eigenvalue weighted by Gasteiger charge is -2.36. The molecule has 0 spiro atoms. The molecule has 4 aromatic rings. The molecule has 0 bridgehead atoms. The Bertz CT molecular complexity index is 1230. The predicted molar refractivity (Wildman–Crippen MR) is 117 cm³/mol. The fourth-order valence-electron chi connectivity index (χ4n) is 3.99. The Hall–Kier alpha value is -2.77. The zero-order valence-electron chi connectivity index (χ0n) is 15.7. The molecule has 5 rings (SSSR count). The molecule has 0 fully saturated rings. The maximum absolute atomic E-state index is 13.2. The number of aromatic nitrogens is 2. The largest absolute Gasteiger partial charge is 0.331 e. The molecule has 0 N–H and O–H groups in total. The van der Waals surface area contributed by atoms with Gasteiger partial charge in [0.15, 0.2) is 0 Å². The molecular formula is C22H19N3O2S2. The van der Waals surface area contributed by atoms with Crippen molar-refractivity contribution in [1.82, 2.24) is 14.5 Å². The Morgan fingerprint density at radius 3 is 2.79 bits per heavy atom. The monoisotopic (exact) mass is 421 g/mol. The number of amides is 1. The van der Waals surface area contributed by atoms with Gasteiger partial charge in [-0.15, -0.1) is 22.7 Å². The Balaban J connectivity index is 1.40. The Kier molecular flexibility index (Phi) is 4.77. The van der Waals surface area contributed by atoms with Crippen LogP contribution < -0.4 is 5.56 Å². The number of carbonyl (C=O) groups is 1. The molecule has 0 saturated carbocycles. The normalized spacial score (nSPS) is 16.1. The van der Waals surface area contributed by atoms with Gasteiger partial charge in [-0.3, -0.25) is 14.2 Å². The minimum absolute atomic E-state index is 0.0621. The number of benzene rings is 1. The van der Waals surface area contributed by atoms with Gasteiger partial charge in [-0.1, -0.05) is 30.3 Å². The number of thiophene rings is 2. The average Bonchev–Trinajstić information content (AvgIpc) is 3.42.